The van der Waals surface area contributed by atoms with Crippen molar-refractivity contribution in [1.82, 2.24) is 4.57 Å². The van der Waals surface area contributed by atoms with Crippen LogP contribution in [0, 0.1) is 11.3 Å². The zero-order chi connectivity index (χ0) is 10.1. The van der Waals surface area contributed by atoms with E-state index in [1.165, 1.54) is 10.6 Å². The molecule has 0 aliphatic rings. The number of benzene rings is 1. The van der Waals surface area contributed by atoms with E-state index in [1.807, 2.05) is 30.3 Å². The molecule has 1 aromatic carbocycles. The van der Waals surface area contributed by atoms with Crippen LogP contribution in [-0.2, 0) is 7.05 Å². The molecule has 0 unspecified atom stereocenters. The number of nitrogens with zero attached hydrogens (tertiary/aromatic N) is 2. The van der Waals surface area contributed by atoms with Gasteiger partial charge in [-0.3, -0.25) is 4.79 Å². The number of para-hydroxylation sites is 1. The first kappa shape index (κ1) is 8.52. The first-order chi connectivity index (χ1) is 6.74. The SMILES string of the molecule is Cn1c(=O)cc(C#N)c2ccccc21. The summed E-state index contributed by atoms with van der Waals surface area (Å²) in [5.74, 6) is 0. The van der Waals surface area contributed by atoms with E-state index in [1.54, 1.807) is 7.05 Å². The van der Waals surface area contributed by atoms with Gasteiger partial charge in [-0.25, -0.2) is 0 Å². The van der Waals surface area contributed by atoms with Crippen LogP contribution in [0.3, 0.4) is 0 Å². The van der Waals surface area contributed by atoms with Crippen LogP contribution < -0.4 is 5.56 Å². The van der Waals surface area contributed by atoms with Crippen molar-refractivity contribution in [2.45, 2.75) is 0 Å². The zero-order valence-electron chi connectivity index (χ0n) is 7.69. The van der Waals surface area contributed by atoms with Gasteiger partial charge in [0.05, 0.1) is 11.1 Å². The Morgan fingerprint density at radius 1 is 1.36 bits per heavy atom. The highest BCUT2D eigenvalue weighted by atomic mass is 16.1. The van der Waals surface area contributed by atoms with Crippen LogP contribution in [0.2, 0.25) is 0 Å². The molecule has 14 heavy (non-hydrogen) atoms. The largest absolute Gasteiger partial charge is 0.311 e. The molecular formula is C11H8N2O. The van der Waals surface area contributed by atoms with E-state index >= 15 is 0 Å². The minimum atomic E-state index is -0.153. The van der Waals surface area contributed by atoms with Crippen molar-refractivity contribution in [3.63, 3.8) is 0 Å². The molecule has 2 aromatic rings. The summed E-state index contributed by atoms with van der Waals surface area (Å²) in [5.41, 5.74) is 1.07. The Kier molecular flexibility index (Phi) is 1.83. The molecular weight excluding hydrogens is 176 g/mol. The van der Waals surface area contributed by atoms with Gasteiger partial charge in [0.2, 0.25) is 0 Å². The van der Waals surface area contributed by atoms with Gasteiger partial charge in [-0.2, -0.15) is 5.26 Å². The predicted octanol–water partition coefficient (Wildman–Crippen LogP) is 1.41. The maximum absolute atomic E-state index is 11.4. The number of aryl methyl sites for hydroxylation is 1. The van der Waals surface area contributed by atoms with Crippen LogP contribution >= 0.6 is 0 Å². The van der Waals surface area contributed by atoms with Crippen molar-refractivity contribution < 1.29 is 0 Å². The summed E-state index contributed by atoms with van der Waals surface area (Å²) in [4.78, 5) is 11.4. The van der Waals surface area contributed by atoms with Crippen LogP contribution in [0.25, 0.3) is 10.9 Å². The zero-order valence-corrected chi connectivity index (χ0v) is 7.69. The predicted molar refractivity (Wildman–Crippen MR) is 53.9 cm³/mol. The highest BCUT2D eigenvalue weighted by molar-refractivity contribution is 5.84. The van der Waals surface area contributed by atoms with Crippen molar-refractivity contribution in [3.8, 4) is 6.07 Å². The van der Waals surface area contributed by atoms with Crippen molar-refractivity contribution in [2.24, 2.45) is 7.05 Å². The molecule has 3 nitrogen and oxygen atoms in total. The number of aromatic nitrogens is 1. The number of hydrogen-bond acceptors (Lipinski definition) is 2. The monoisotopic (exact) mass is 184 g/mol. The van der Waals surface area contributed by atoms with E-state index in [4.69, 9.17) is 5.26 Å². The standard InChI is InChI=1S/C11H8N2O/c1-13-10-5-3-2-4-9(10)8(7-12)6-11(13)14/h2-6H,1H3. The molecule has 2 rings (SSSR count). The molecule has 0 radical (unpaired) electrons. The van der Waals surface area contributed by atoms with E-state index in [2.05, 4.69) is 0 Å². The van der Waals surface area contributed by atoms with Gasteiger partial charge in [-0.1, -0.05) is 18.2 Å². The first-order valence-corrected chi connectivity index (χ1v) is 4.23. The maximum Gasteiger partial charge on any atom is 0.252 e. The molecule has 68 valence electrons. The Morgan fingerprint density at radius 3 is 2.79 bits per heavy atom. The number of rotatable bonds is 0. The first-order valence-electron chi connectivity index (χ1n) is 4.23. The second-order valence-corrected chi connectivity index (χ2v) is 3.08. The summed E-state index contributed by atoms with van der Waals surface area (Å²) < 4.78 is 1.54. The van der Waals surface area contributed by atoms with Crippen molar-refractivity contribution >= 4 is 10.9 Å². The van der Waals surface area contributed by atoms with Gasteiger partial charge in [0.1, 0.15) is 6.07 Å². The molecule has 0 N–H and O–H groups in total. The molecule has 0 amide bonds. The molecule has 0 fully saturated rings. The molecule has 0 saturated heterocycles. The molecule has 0 aliphatic carbocycles. The van der Waals surface area contributed by atoms with E-state index in [9.17, 15) is 4.79 Å². The van der Waals surface area contributed by atoms with Crippen molar-refractivity contribution in [1.29, 1.82) is 5.26 Å². The van der Waals surface area contributed by atoms with Gasteiger partial charge >= 0.3 is 0 Å². The number of hydrogen-bond donors (Lipinski definition) is 0. The smallest absolute Gasteiger partial charge is 0.252 e. The van der Waals surface area contributed by atoms with Crippen LogP contribution in [0.15, 0.2) is 35.1 Å². The van der Waals surface area contributed by atoms with E-state index in [-0.39, 0.29) is 5.56 Å². The highest BCUT2D eigenvalue weighted by Gasteiger charge is 2.04. The summed E-state index contributed by atoms with van der Waals surface area (Å²) in [7, 11) is 1.70. The highest BCUT2D eigenvalue weighted by Crippen LogP contribution is 2.14. The maximum atomic E-state index is 11.4. The lowest BCUT2D eigenvalue weighted by molar-refractivity contribution is 0.905. The Hall–Kier alpha value is -2.08. The number of fused-ring (bicyclic) bond motifs is 1. The summed E-state index contributed by atoms with van der Waals surface area (Å²) in [5, 5.41) is 9.67. The van der Waals surface area contributed by atoms with E-state index in [0.717, 1.165) is 10.9 Å². The summed E-state index contributed by atoms with van der Waals surface area (Å²) in [6.45, 7) is 0. The summed E-state index contributed by atoms with van der Waals surface area (Å²) >= 11 is 0. The lowest BCUT2D eigenvalue weighted by Gasteiger charge is -2.04. The minimum Gasteiger partial charge on any atom is -0.311 e. The Bertz CT molecular complexity index is 590. The minimum absolute atomic E-state index is 0.153. The third kappa shape index (κ3) is 1.09. The fourth-order valence-corrected chi connectivity index (χ4v) is 1.50. The second-order valence-electron chi connectivity index (χ2n) is 3.08. The molecule has 1 aromatic heterocycles. The summed E-state index contributed by atoms with van der Waals surface area (Å²) in [6.07, 6.45) is 0. The fraction of sp³-hybridized carbons (Fsp3) is 0.0909. The average Bonchev–Trinajstić information content (AvgIpc) is 2.23. The lowest BCUT2D eigenvalue weighted by Crippen LogP contribution is -2.16. The lowest BCUT2D eigenvalue weighted by atomic mass is 10.1. The molecule has 3 heteroatoms. The Morgan fingerprint density at radius 2 is 2.07 bits per heavy atom. The molecule has 0 bridgehead atoms. The van der Waals surface area contributed by atoms with Crippen LogP contribution in [0.4, 0.5) is 0 Å². The van der Waals surface area contributed by atoms with E-state index < -0.39 is 0 Å². The molecule has 0 saturated carbocycles. The fourth-order valence-electron chi connectivity index (χ4n) is 1.50. The van der Waals surface area contributed by atoms with Gasteiger partial charge in [0.15, 0.2) is 0 Å². The van der Waals surface area contributed by atoms with Gasteiger partial charge in [0, 0.05) is 18.5 Å². The van der Waals surface area contributed by atoms with Gasteiger partial charge in [0.25, 0.3) is 5.56 Å². The van der Waals surface area contributed by atoms with Gasteiger partial charge in [-0.15, -0.1) is 0 Å². The molecule has 0 aliphatic heterocycles. The van der Waals surface area contributed by atoms with Crippen molar-refractivity contribution in [3.05, 3.63) is 46.2 Å². The Balaban J connectivity index is 3.07. The van der Waals surface area contributed by atoms with Crippen LogP contribution in [-0.4, -0.2) is 4.57 Å². The van der Waals surface area contributed by atoms with Crippen molar-refractivity contribution in [2.75, 3.05) is 0 Å². The van der Waals surface area contributed by atoms with Gasteiger partial charge in [-0.05, 0) is 6.07 Å². The van der Waals surface area contributed by atoms with Gasteiger partial charge < -0.3 is 4.57 Å². The second kappa shape index (κ2) is 3.00. The third-order valence-corrected chi connectivity index (χ3v) is 2.27. The molecule has 0 atom stereocenters. The third-order valence-electron chi connectivity index (χ3n) is 2.27. The topological polar surface area (TPSA) is 45.8 Å². The van der Waals surface area contributed by atoms with E-state index in [0.29, 0.717) is 5.56 Å². The Labute approximate surface area is 80.8 Å². The summed E-state index contributed by atoms with van der Waals surface area (Å²) in [6, 6.07) is 10.8. The number of pyridine rings is 1. The normalized spacial score (nSPS) is 10.0. The molecule has 0 spiro atoms. The number of nitriles is 1. The quantitative estimate of drug-likeness (QED) is 0.621. The molecule has 1 heterocycles. The van der Waals surface area contributed by atoms with Crippen LogP contribution in [0.1, 0.15) is 5.56 Å². The van der Waals surface area contributed by atoms with Crippen LogP contribution in [0.5, 0.6) is 0 Å². The average molecular weight is 184 g/mol.